The van der Waals surface area contributed by atoms with Crippen molar-refractivity contribution in [3.05, 3.63) is 80.3 Å². The molecule has 0 saturated carbocycles. The Morgan fingerprint density at radius 1 is 1.28 bits per heavy atom. The number of fused-ring (bicyclic) bond motifs is 1. The quantitative estimate of drug-likeness (QED) is 0.381. The van der Waals surface area contributed by atoms with Crippen LogP contribution in [0.2, 0.25) is 5.02 Å². The highest BCUT2D eigenvalue weighted by Crippen LogP contribution is 2.31. The van der Waals surface area contributed by atoms with Gasteiger partial charge < -0.3 is 15.6 Å². The fourth-order valence-electron chi connectivity index (χ4n) is 3.40. The van der Waals surface area contributed by atoms with Crippen LogP contribution in [0.4, 0.5) is 15.9 Å². The molecule has 3 aromatic rings. The number of amides is 2. The second-order valence-corrected chi connectivity index (χ2v) is 8.71. The molecule has 0 aliphatic carbocycles. The Labute approximate surface area is 191 Å². The first kappa shape index (κ1) is 22.0. The van der Waals surface area contributed by atoms with Crippen molar-refractivity contribution in [2.45, 2.75) is 30.2 Å². The molecule has 0 spiro atoms. The average molecular weight is 473 g/mol. The van der Waals surface area contributed by atoms with E-state index in [1.54, 1.807) is 0 Å². The van der Waals surface area contributed by atoms with Gasteiger partial charge in [-0.3, -0.25) is 14.4 Å². The molecule has 0 fully saturated rings. The van der Waals surface area contributed by atoms with Gasteiger partial charge >= 0.3 is 0 Å². The van der Waals surface area contributed by atoms with E-state index in [2.05, 4.69) is 20.6 Å². The van der Waals surface area contributed by atoms with E-state index in [1.165, 1.54) is 23.9 Å². The normalized spacial score (nSPS) is 15.1. The molecule has 0 unspecified atom stereocenters. The zero-order valence-corrected chi connectivity index (χ0v) is 18.4. The molecular weight excluding hydrogens is 455 g/mol. The van der Waals surface area contributed by atoms with E-state index in [4.69, 9.17) is 11.6 Å². The van der Waals surface area contributed by atoms with E-state index < -0.39 is 29.1 Å². The van der Waals surface area contributed by atoms with E-state index in [9.17, 15) is 18.8 Å². The summed E-state index contributed by atoms with van der Waals surface area (Å²) < 4.78 is 13.4. The van der Waals surface area contributed by atoms with Gasteiger partial charge in [0.1, 0.15) is 11.6 Å². The zero-order valence-electron chi connectivity index (χ0n) is 16.9. The van der Waals surface area contributed by atoms with Crippen molar-refractivity contribution < 1.29 is 14.0 Å². The number of rotatable bonds is 5. The molecule has 4 rings (SSSR count). The third-order valence-electron chi connectivity index (χ3n) is 4.89. The Hall–Kier alpha value is -3.17. The Kier molecular flexibility index (Phi) is 6.29. The van der Waals surface area contributed by atoms with Gasteiger partial charge in [-0.2, -0.15) is 0 Å². The molecule has 7 nitrogen and oxygen atoms in total. The molecule has 2 aromatic carbocycles. The number of nitrogens with zero attached hydrogens (tertiary/aromatic N) is 1. The molecule has 0 radical (unpaired) electrons. The van der Waals surface area contributed by atoms with E-state index in [1.807, 2.05) is 31.2 Å². The highest BCUT2D eigenvalue weighted by molar-refractivity contribution is 7.98. The smallest absolute Gasteiger partial charge is 0.257 e. The van der Waals surface area contributed by atoms with Crippen LogP contribution in [0.15, 0.2) is 52.4 Å². The molecular formula is C22H18ClFN4O3S. The van der Waals surface area contributed by atoms with Crippen LogP contribution < -0.4 is 16.2 Å². The molecule has 3 N–H and O–H groups in total. The first-order valence-electron chi connectivity index (χ1n) is 9.68. The van der Waals surface area contributed by atoms with E-state index in [-0.39, 0.29) is 28.5 Å². The molecule has 1 aromatic heterocycles. The standard InChI is InChI=1S/C22H18ClFN4O3S/c1-11-3-2-4-12(7-11)10-32-22-27-19-18(21(31)28-22)14(9-17(29)26-19)20(30)25-13-5-6-16(24)15(23)8-13/h2-8,14H,9-10H2,1H3,(H,25,30)(H2,26,27,28,29,31)/t14-/m1/s1. The lowest BCUT2D eigenvalue weighted by Gasteiger charge is -2.23. The first-order valence-corrected chi connectivity index (χ1v) is 11.0. The van der Waals surface area contributed by atoms with Crippen LogP contribution in [0, 0.1) is 12.7 Å². The zero-order chi connectivity index (χ0) is 22.8. The number of aromatic nitrogens is 2. The predicted molar refractivity (Wildman–Crippen MR) is 122 cm³/mol. The summed E-state index contributed by atoms with van der Waals surface area (Å²) >= 11 is 7.07. The van der Waals surface area contributed by atoms with Crippen LogP contribution in [0.5, 0.6) is 0 Å². The maximum atomic E-state index is 13.4. The number of anilines is 2. The SMILES string of the molecule is Cc1cccc(CSc2nc3c(c(=O)[nH]2)[C@H](C(=O)Nc2ccc(F)c(Cl)c2)CC(=O)N3)c1. The number of carbonyl (C=O) groups is 2. The van der Waals surface area contributed by atoms with Crippen LogP contribution in [0.25, 0.3) is 0 Å². The summed E-state index contributed by atoms with van der Waals surface area (Å²) in [5, 5.41) is 5.34. The summed E-state index contributed by atoms with van der Waals surface area (Å²) in [5.41, 5.74) is 2.02. The van der Waals surface area contributed by atoms with Gasteiger partial charge in [0.15, 0.2) is 5.16 Å². The lowest BCUT2D eigenvalue weighted by molar-refractivity contribution is -0.123. The number of hydrogen-bond acceptors (Lipinski definition) is 5. The third-order valence-corrected chi connectivity index (χ3v) is 6.13. The molecule has 10 heteroatoms. The van der Waals surface area contributed by atoms with Crippen LogP contribution >= 0.6 is 23.4 Å². The highest BCUT2D eigenvalue weighted by Gasteiger charge is 2.34. The summed E-state index contributed by atoms with van der Waals surface area (Å²) in [6.07, 6.45) is -0.214. The molecule has 2 heterocycles. The van der Waals surface area contributed by atoms with Gasteiger partial charge in [-0.05, 0) is 30.7 Å². The van der Waals surface area contributed by atoms with Gasteiger partial charge in [-0.15, -0.1) is 0 Å². The summed E-state index contributed by atoms with van der Waals surface area (Å²) in [5.74, 6) is -2.04. The van der Waals surface area contributed by atoms with Gasteiger partial charge in [0.2, 0.25) is 11.8 Å². The molecule has 1 atom stereocenters. The number of aromatic amines is 1. The molecule has 1 aliphatic rings. The van der Waals surface area contributed by atoms with Crippen LogP contribution in [-0.2, 0) is 15.3 Å². The Balaban J connectivity index is 1.57. The maximum absolute atomic E-state index is 13.4. The van der Waals surface area contributed by atoms with Gasteiger partial charge in [-0.1, -0.05) is 53.2 Å². The van der Waals surface area contributed by atoms with E-state index >= 15 is 0 Å². The molecule has 0 bridgehead atoms. The van der Waals surface area contributed by atoms with Gasteiger partial charge in [0.05, 0.1) is 16.5 Å². The minimum Gasteiger partial charge on any atom is -0.325 e. The number of hydrogen-bond donors (Lipinski definition) is 3. The minimum absolute atomic E-state index is 0.0639. The van der Waals surface area contributed by atoms with Crippen molar-refractivity contribution in [3.8, 4) is 0 Å². The second-order valence-electron chi connectivity index (χ2n) is 7.33. The van der Waals surface area contributed by atoms with Crippen molar-refractivity contribution >= 4 is 46.7 Å². The van der Waals surface area contributed by atoms with Crippen molar-refractivity contribution in [1.82, 2.24) is 9.97 Å². The molecule has 0 saturated heterocycles. The van der Waals surface area contributed by atoms with Gasteiger partial charge in [0.25, 0.3) is 5.56 Å². The molecule has 164 valence electrons. The predicted octanol–water partition coefficient (Wildman–Crippen LogP) is 4.23. The lowest BCUT2D eigenvalue weighted by atomic mass is 9.92. The Morgan fingerprint density at radius 3 is 2.84 bits per heavy atom. The molecule has 2 amide bonds. The van der Waals surface area contributed by atoms with Crippen molar-refractivity contribution in [1.29, 1.82) is 0 Å². The van der Waals surface area contributed by atoms with Gasteiger partial charge in [-0.25, -0.2) is 9.37 Å². The van der Waals surface area contributed by atoms with Crippen molar-refractivity contribution in [3.63, 3.8) is 0 Å². The van der Waals surface area contributed by atoms with Crippen molar-refractivity contribution in [2.24, 2.45) is 0 Å². The summed E-state index contributed by atoms with van der Waals surface area (Å²) in [6.45, 7) is 1.99. The number of aryl methyl sites for hydroxylation is 1. The number of nitrogens with one attached hydrogen (secondary N) is 3. The Morgan fingerprint density at radius 2 is 2.09 bits per heavy atom. The molecule has 32 heavy (non-hydrogen) atoms. The van der Waals surface area contributed by atoms with Crippen LogP contribution in [0.1, 0.15) is 29.0 Å². The second kappa shape index (κ2) is 9.13. The largest absolute Gasteiger partial charge is 0.325 e. The monoisotopic (exact) mass is 472 g/mol. The highest BCUT2D eigenvalue weighted by atomic mass is 35.5. The van der Waals surface area contributed by atoms with E-state index in [0.29, 0.717) is 10.9 Å². The average Bonchev–Trinajstić information content (AvgIpc) is 2.74. The summed E-state index contributed by atoms with van der Waals surface area (Å²) in [6, 6.07) is 11.7. The Bertz CT molecular complexity index is 1280. The number of carbonyl (C=O) groups excluding carboxylic acids is 2. The van der Waals surface area contributed by atoms with Crippen molar-refractivity contribution in [2.75, 3.05) is 10.6 Å². The fraction of sp³-hybridized carbons (Fsp3) is 0.182. The summed E-state index contributed by atoms with van der Waals surface area (Å²) in [4.78, 5) is 44.9. The van der Waals surface area contributed by atoms with Crippen LogP contribution in [0.3, 0.4) is 0 Å². The fourth-order valence-corrected chi connectivity index (χ4v) is 4.38. The number of H-pyrrole nitrogens is 1. The number of benzene rings is 2. The minimum atomic E-state index is -1.05. The van der Waals surface area contributed by atoms with Crippen LogP contribution in [-0.4, -0.2) is 21.8 Å². The molecule has 1 aliphatic heterocycles. The topological polar surface area (TPSA) is 104 Å². The number of halogens is 2. The summed E-state index contributed by atoms with van der Waals surface area (Å²) in [7, 11) is 0. The van der Waals surface area contributed by atoms with Gasteiger partial charge in [0, 0.05) is 17.9 Å². The third kappa shape index (κ3) is 4.84. The lowest BCUT2D eigenvalue weighted by Crippen LogP contribution is -2.36. The number of thioether (sulfide) groups is 1. The van der Waals surface area contributed by atoms with E-state index in [0.717, 1.165) is 17.2 Å². The first-order chi connectivity index (χ1) is 15.3. The maximum Gasteiger partial charge on any atom is 0.257 e.